The number of ether oxygens (including phenoxy) is 4. The average Bonchev–Trinajstić information content (AvgIpc) is 3.73. The maximum Gasteiger partial charge on any atom is 0.534 e. The number of aliphatic hydroxyl groups is 3. The van der Waals surface area contributed by atoms with Crippen LogP contribution in [-0.2, 0) is 32.6 Å². The monoisotopic (exact) mass is 675 g/mol. The number of nitrogens with one attached hydrogen (secondary N) is 1. The SMILES string of the molecule is Nc1nc2c(ncn2[C@@H]2O[C@H](OC[P+](=O)O)[C@H](O)[C@@H]2OP(=O)(O)CO[C@H]2O[C@@H](n3cnc4c(N)ncnc43)[C@@H](O)[C@H]2O)c(=O)[nH]1. The van der Waals surface area contributed by atoms with E-state index >= 15 is 0 Å². The van der Waals surface area contributed by atoms with Crippen LogP contribution in [0.5, 0.6) is 0 Å². The fourth-order valence-corrected chi connectivity index (χ4v) is 6.08. The lowest BCUT2D eigenvalue weighted by Crippen LogP contribution is -2.35. The van der Waals surface area contributed by atoms with E-state index in [1.54, 1.807) is 0 Å². The van der Waals surface area contributed by atoms with Crippen molar-refractivity contribution in [3.05, 3.63) is 29.3 Å². The molecule has 2 fully saturated rings. The number of fused-ring (bicyclic) bond motifs is 2. The highest BCUT2D eigenvalue weighted by Crippen LogP contribution is 2.49. The Morgan fingerprint density at radius 3 is 2.36 bits per heavy atom. The number of nitrogen functional groups attached to an aromatic ring is 2. The topological polar surface area (TPSA) is 341 Å². The van der Waals surface area contributed by atoms with Crippen molar-refractivity contribution in [2.45, 2.75) is 49.5 Å². The highest BCUT2D eigenvalue weighted by molar-refractivity contribution is 7.52. The molecule has 0 bridgehead atoms. The van der Waals surface area contributed by atoms with E-state index in [-0.39, 0.29) is 34.1 Å². The van der Waals surface area contributed by atoms with Crippen LogP contribution >= 0.6 is 15.6 Å². The van der Waals surface area contributed by atoms with Crippen molar-refractivity contribution in [3.8, 4) is 0 Å². The van der Waals surface area contributed by atoms with Crippen LogP contribution in [-0.4, -0.2) is 114 Å². The van der Waals surface area contributed by atoms with Crippen molar-refractivity contribution in [3.63, 3.8) is 0 Å². The van der Waals surface area contributed by atoms with Gasteiger partial charge in [-0.2, -0.15) is 9.88 Å². The Hall–Kier alpha value is -3.57. The predicted octanol–water partition coefficient (Wildman–Crippen LogP) is -2.83. The Balaban J connectivity index is 1.20. The molecule has 0 aromatic carbocycles. The maximum atomic E-state index is 13.2. The summed E-state index contributed by atoms with van der Waals surface area (Å²) in [4.78, 5) is 54.2. The van der Waals surface area contributed by atoms with Crippen molar-refractivity contribution < 1.29 is 57.7 Å². The normalized spacial score (nSPS) is 30.3. The first-order valence-corrected chi connectivity index (χ1v) is 15.9. The van der Waals surface area contributed by atoms with Crippen molar-refractivity contribution in [2.75, 3.05) is 24.2 Å². The van der Waals surface area contributed by atoms with Gasteiger partial charge in [0.15, 0.2) is 54.0 Å². The summed E-state index contributed by atoms with van der Waals surface area (Å²) in [6.07, 6.45) is -11.5. The Morgan fingerprint density at radius 1 is 0.956 bits per heavy atom. The molecule has 0 radical (unpaired) electrons. The summed E-state index contributed by atoms with van der Waals surface area (Å²) < 4.78 is 53.7. The van der Waals surface area contributed by atoms with Crippen LogP contribution in [0.25, 0.3) is 22.3 Å². The summed E-state index contributed by atoms with van der Waals surface area (Å²) in [5.41, 5.74) is 10.7. The highest BCUT2D eigenvalue weighted by Gasteiger charge is 2.51. The summed E-state index contributed by atoms with van der Waals surface area (Å²) in [6.45, 7) is 0. The number of aromatic nitrogens is 8. The molecule has 242 valence electrons. The summed E-state index contributed by atoms with van der Waals surface area (Å²) >= 11 is 0. The van der Waals surface area contributed by atoms with Crippen LogP contribution in [0.2, 0.25) is 0 Å². The lowest BCUT2D eigenvalue weighted by molar-refractivity contribution is -0.168. The third-order valence-corrected chi connectivity index (χ3v) is 8.21. The molecule has 4 aromatic heterocycles. The van der Waals surface area contributed by atoms with Gasteiger partial charge in [-0.15, -0.1) is 0 Å². The Kier molecular flexibility index (Phi) is 8.36. The molecule has 0 aliphatic carbocycles. The van der Waals surface area contributed by atoms with Gasteiger partial charge in [0.05, 0.1) is 12.7 Å². The van der Waals surface area contributed by atoms with E-state index in [9.17, 15) is 34.1 Å². The van der Waals surface area contributed by atoms with Gasteiger partial charge in [-0.1, -0.05) is 0 Å². The van der Waals surface area contributed by atoms with Crippen molar-refractivity contribution in [2.24, 2.45) is 0 Å². The number of anilines is 2. The molecule has 0 saturated carbocycles. The van der Waals surface area contributed by atoms with Crippen LogP contribution < -0.4 is 17.0 Å². The molecule has 25 heteroatoms. The Bertz CT molecular complexity index is 1850. The third kappa shape index (κ3) is 5.92. The molecule has 45 heavy (non-hydrogen) atoms. The van der Waals surface area contributed by atoms with E-state index in [0.717, 1.165) is 17.2 Å². The molecule has 2 aliphatic rings. The molecule has 2 saturated heterocycles. The summed E-state index contributed by atoms with van der Waals surface area (Å²) in [6, 6.07) is 0. The average molecular weight is 675 g/mol. The molecule has 2 aliphatic heterocycles. The van der Waals surface area contributed by atoms with Crippen molar-refractivity contribution >= 4 is 49.7 Å². The molecular formula is C20H25N10O13P2+. The number of hydrogen-bond donors (Lipinski definition) is 8. The summed E-state index contributed by atoms with van der Waals surface area (Å²) in [7, 11) is -7.71. The van der Waals surface area contributed by atoms with E-state index in [1.165, 1.54) is 10.9 Å². The second-order valence-electron chi connectivity index (χ2n) is 9.77. The van der Waals surface area contributed by atoms with Gasteiger partial charge in [0, 0.05) is 0 Å². The number of hydrogen-bond acceptors (Lipinski definition) is 18. The Labute approximate surface area is 249 Å². The van der Waals surface area contributed by atoms with Crippen LogP contribution in [0.1, 0.15) is 12.5 Å². The van der Waals surface area contributed by atoms with Gasteiger partial charge in [-0.05, 0) is 4.57 Å². The van der Waals surface area contributed by atoms with Crippen LogP contribution in [0.15, 0.2) is 23.8 Å². The highest BCUT2D eigenvalue weighted by atomic mass is 31.2. The lowest BCUT2D eigenvalue weighted by Gasteiger charge is -2.25. The second kappa shape index (κ2) is 12.0. The zero-order valence-electron chi connectivity index (χ0n) is 22.4. The fourth-order valence-electron chi connectivity index (χ4n) is 4.80. The van der Waals surface area contributed by atoms with E-state index in [2.05, 4.69) is 29.9 Å². The van der Waals surface area contributed by atoms with Gasteiger partial charge in [0.1, 0.15) is 36.3 Å². The zero-order chi connectivity index (χ0) is 32.2. The predicted molar refractivity (Wildman–Crippen MR) is 145 cm³/mol. The molecular weight excluding hydrogens is 650 g/mol. The molecule has 6 heterocycles. The largest absolute Gasteiger partial charge is 0.534 e. The fraction of sp³-hybridized carbons (Fsp3) is 0.500. The van der Waals surface area contributed by atoms with E-state index in [4.69, 9.17) is 39.8 Å². The minimum absolute atomic E-state index is 0.0573. The number of nitrogens with two attached hydrogens (primary N) is 2. The van der Waals surface area contributed by atoms with Crippen molar-refractivity contribution in [1.29, 1.82) is 0 Å². The minimum Gasteiger partial charge on any atom is -0.385 e. The Morgan fingerprint density at radius 2 is 1.62 bits per heavy atom. The number of H-pyrrole nitrogens is 1. The molecule has 4 aromatic rings. The molecule has 10 N–H and O–H groups in total. The first-order chi connectivity index (χ1) is 21.3. The van der Waals surface area contributed by atoms with Gasteiger partial charge in [0.25, 0.3) is 11.9 Å². The molecule has 0 spiro atoms. The van der Waals surface area contributed by atoms with E-state index < -0.39 is 83.3 Å². The molecule has 6 rings (SSSR count). The van der Waals surface area contributed by atoms with E-state index in [1.807, 2.05) is 0 Å². The maximum absolute atomic E-state index is 13.2. The van der Waals surface area contributed by atoms with Gasteiger partial charge < -0.3 is 50.6 Å². The van der Waals surface area contributed by atoms with Crippen LogP contribution in [0, 0.1) is 0 Å². The molecule has 2 unspecified atom stereocenters. The number of imidazole rings is 2. The molecule has 23 nitrogen and oxygen atoms in total. The number of rotatable bonds is 10. The van der Waals surface area contributed by atoms with E-state index in [0.29, 0.717) is 0 Å². The lowest BCUT2D eigenvalue weighted by atomic mass is 10.2. The smallest absolute Gasteiger partial charge is 0.385 e. The van der Waals surface area contributed by atoms with Crippen molar-refractivity contribution in [1.82, 2.24) is 39.0 Å². The van der Waals surface area contributed by atoms with Gasteiger partial charge in [-0.3, -0.25) is 28.0 Å². The standard InChI is InChI=1S/C20H24N10O13P2/c21-12-6-13(24-1-23-12)29(2-25-6)16-8(31)9(32)18(41-16)40-5-45(37,38)43-11-10(33)19(39-4-44(35)36)42-17(11)30-3-26-7-14(30)27-20(22)28-15(7)34/h1-3,8-11,16-19,31-33H,4-5H2,(H6-,21,22,23,24,27,28,34,35,36,37,38)/p+1/t8-,9+,10+,11-,16+,17+,18-,19-/m0/s1. The zero-order valence-corrected chi connectivity index (χ0v) is 24.2. The second-order valence-corrected chi connectivity index (χ2v) is 12.5. The van der Waals surface area contributed by atoms with Gasteiger partial charge in [-0.25, -0.2) is 19.9 Å². The first-order valence-electron chi connectivity index (χ1n) is 12.7. The first kappa shape index (κ1) is 31.4. The van der Waals surface area contributed by atoms with Crippen LogP contribution in [0.3, 0.4) is 0 Å². The summed E-state index contributed by atoms with van der Waals surface area (Å²) in [5, 5.41) is 32.0. The van der Waals surface area contributed by atoms with Crippen LogP contribution in [0.4, 0.5) is 11.8 Å². The third-order valence-electron chi connectivity index (χ3n) is 6.79. The minimum atomic E-state index is -4.89. The summed E-state index contributed by atoms with van der Waals surface area (Å²) in [5.74, 6) is -0.242. The molecule has 10 atom stereocenters. The molecule has 0 amide bonds. The van der Waals surface area contributed by atoms with Gasteiger partial charge >= 0.3 is 15.6 Å². The quantitative estimate of drug-likeness (QED) is 0.0785. The number of aromatic amines is 1. The number of aliphatic hydroxyl groups excluding tert-OH is 3. The van der Waals surface area contributed by atoms with Gasteiger partial charge in [0.2, 0.25) is 5.95 Å². The number of nitrogens with zero attached hydrogens (tertiary/aromatic N) is 7.